The minimum atomic E-state index is -4.81. The van der Waals surface area contributed by atoms with E-state index >= 15 is 0 Å². The minimum absolute atomic E-state index is 0.247. The molecule has 15 heavy (non-hydrogen) atoms. The van der Waals surface area contributed by atoms with Gasteiger partial charge < -0.3 is 24.9 Å². The van der Waals surface area contributed by atoms with E-state index in [2.05, 4.69) is 11.9 Å². The summed E-state index contributed by atoms with van der Waals surface area (Å²) in [5.41, 5.74) is 0.699. The second kappa shape index (κ2) is 5.37. The predicted molar refractivity (Wildman–Crippen MR) is 55.6 cm³/mol. The maximum atomic E-state index is 10.8. The molecule has 9 heteroatoms. The molecular formula is C6H15NO6P2. The van der Waals surface area contributed by atoms with Gasteiger partial charge in [0.05, 0.1) is 0 Å². The van der Waals surface area contributed by atoms with Gasteiger partial charge in [-0.2, -0.15) is 0 Å². The summed E-state index contributed by atoms with van der Waals surface area (Å²) in [6, 6.07) is 0. The first-order valence-corrected chi connectivity index (χ1v) is 7.37. The van der Waals surface area contributed by atoms with Crippen LogP contribution in [0.25, 0.3) is 0 Å². The molecule has 0 atom stereocenters. The first-order chi connectivity index (χ1) is 6.55. The summed E-state index contributed by atoms with van der Waals surface area (Å²) in [7, 11) is -9.63. The highest BCUT2D eigenvalue weighted by Crippen LogP contribution is 2.59. The van der Waals surface area contributed by atoms with Gasteiger partial charge in [0, 0.05) is 13.1 Å². The largest absolute Gasteiger partial charge is 0.342 e. The Morgan fingerprint density at radius 3 is 1.93 bits per heavy atom. The maximum absolute atomic E-state index is 10.8. The van der Waals surface area contributed by atoms with Crippen molar-refractivity contribution in [2.75, 3.05) is 13.1 Å². The van der Waals surface area contributed by atoms with E-state index in [-0.39, 0.29) is 6.54 Å². The normalized spacial score (nSPS) is 13.2. The Bertz CT molecular complexity index is 296. The van der Waals surface area contributed by atoms with Crippen LogP contribution in [0, 0.1) is 0 Å². The van der Waals surface area contributed by atoms with Crippen molar-refractivity contribution < 1.29 is 28.7 Å². The van der Waals surface area contributed by atoms with E-state index in [1.54, 1.807) is 6.92 Å². The maximum Gasteiger partial charge on any atom is 0.342 e. The molecule has 0 bridgehead atoms. The summed E-state index contributed by atoms with van der Waals surface area (Å²) in [6.45, 7) is 4.99. The first kappa shape index (κ1) is 15.0. The number of rotatable bonds is 6. The van der Waals surface area contributed by atoms with Crippen LogP contribution in [0.2, 0.25) is 0 Å². The number of nitrogens with one attached hydrogen (secondary N) is 1. The molecule has 0 saturated carbocycles. The highest BCUT2D eigenvalue weighted by Gasteiger charge is 2.42. The van der Waals surface area contributed by atoms with Crippen molar-refractivity contribution in [3.8, 4) is 0 Å². The third-order valence-corrected chi connectivity index (χ3v) is 5.25. The molecule has 0 aliphatic heterocycles. The molecule has 0 rings (SSSR count). The lowest BCUT2D eigenvalue weighted by molar-refractivity contribution is 0.336. The second-order valence-electron chi connectivity index (χ2n) is 3.25. The summed E-state index contributed by atoms with van der Waals surface area (Å²) in [6.07, 6.45) is 0. The average molecular weight is 259 g/mol. The minimum Gasteiger partial charge on any atom is -0.324 e. The van der Waals surface area contributed by atoms with Crippen LogP contribution in [-0.4, -0.2) is 38.1 Å². The van der Waals surface area contributed by atoms with E-state index in [1.807, 2.05) is 0 Å². The summed E-state index contributed by atoms with van der Waals surface area (Å²) in [4.78, 5) is 34.9. The van der Waals surface area contributed by atoms with E-state index in [4.69, 9.17) is 19.6 Å². The molecule has 0 radical (unpaired) electrons. The zero-order chi connectivity index (χ0) is 12.3. The lowest BCUT2D eigenvalue weighted by atomic mass is 10.3. The Balaban J connectivity index is 4.50. The molecule has 0 amide bonds. The molecule has 0 aromatic heterocycles. The van der Waals surface area contributed by atoms with Crippen LogP contribution in [0.15, 0.2) is 12.2 Å². The standard InChI is InChI=1S/C6H15NO6P2/c1-5(2)3-7-4-6(14(8,9)10)15(11,12)13/h6-7H,1,3-4H2,2H3,(H2,8,9,10)(H2,11,12,13). The summed E-state index contributed by atoms with van der Waals surface area (Å²) in [5.74, 6) is 0. The van der Waals surface area contributed by atoms with Crippen molar-refractivity contribution in [2.45, 2.75) is 12.3 Å². The van der Waals surface area contributed by atoms with Crippen molar-refractivity contribution in [3.05, 3.63) is 12.2 Å². The van der Waals surface area contributed by atoms with Crippen LogP contribution in [0.4, 0.5) is 0 Å². The predicted octanol–water partition coefficient (Wildman–Crippen LogP) is -0.166. The first-order valence-electron chi connectivity index (χ1n) is 4.00. The molecule has 0 unspecified atom stereocenters. The summed E-state index contributed by atoms with van der Waals surface area (Å²) in [5, 5.41) is 0.518. The van der Waals surface area contributed by atoms with Crippen molar-refractivity contribution in [1.29, 1.82) is 0 Å². The molecule has 0 aromatic rings. The fraction of sp³-hybridized carbons (Fsp3) is 0.667. The zero-order valence-corrected chi connectivity index (χ0v) is 9.99. The van der Waals surface area contributed by atoms with E-state index < -0.39 is 27.1 Å². The van der Waals surface area contributed by atoms with Crippen LogP contribution in [-0.2, 0) is 9.13 Å². The molecule has 90 valence electrons. The topological polar surface area (TPSA) is 127 Å². The third kappa shape index (κ3) is 6.22. The van der Waals surface area contributed by atoms with E-state index in [0.29, 0.717) is 5.57 Å². The van der Waals surface area contributed by atoms with Crippen molar-refractivity contribution >= 4 is 15.2 Å². The van der Waals surface area contributed by atoms with Gasteiger partial charge in [-0.15, -0.1) is 0 Å². The SMILES string of the molecule is C=C(C)CNCC(P(=O)(O)O)P(=O)(O)O. The van der Waals surface area contributed by atoms with Gasteiger partial charge in [-0.3, -0.25) is 9.13 Å². The Labute approximate surface area is 87.5 Å². The van der Waals surface area contributed by atoms with Gasteiger partial charge in [0.2, 0.25) is 0 Å². The quantitative estimate of drug-likeness (QED) is 0.331. The molecule has 0 aromatic carbocycles. The highest BCUT2D eigenvalue weighted by molar-refractivity contribution is 7.70. The molecule has 5 N–H and O–H groups in total. The summed E-state index contributed by atoms with van der Waals surface area (Å²) >= 11 is 0. The average Bonchev–Trinajstić information content (AvgIpc) is 1.92. The molecule has 0 spiro atoms. The van der Waals surface area contributed by atoms with Gasteiger partial charge in [0.1, 0.15) is 0 Å². The molecule has 0 fully saturated rings. The van der Waals surface area contributed by atoms with Gasteiger partial charge in [0.25, 0.3) is 0 Å². The molecule has 0 aliphatic carbocycles. The van der Waals surface area contributed by atoms with Gasteiger partial charge in [-0.25, -0.2) is 0 Å². The monoisotopic (exact) mass is 259 g/mol. The van der Waals surface area contributed by atoms with Gasteiger partial charge in [-0.05, 0) is 6.92 Å². The fourth-order valence-corrected chi connectivity index (χ4v) is 3.15. The lowest BCUT2D eigenvalue weighted by Crippen LogP contribution is -2.28. The fourth-order valence-electron chi connectivity index (χ4n) is 0.848. The van der Waals surface area contributed by atoms with Crippen LogP contribution in [0.3, 0.4) is 0 Å². The number of hydrogen-bond acceptors (Lipinski definition) is 3. The smallest absolute Gasteiger partial charge is 0.324 e. The molecule has 0 saturated heterocycles. The van der Waals surface area contributed by atoms with Crippen LogP contribution >= 0.6 is 15.2 Å². The molecule has 0 aliphatic rings. The number of hydrogen-bond donors (Lipinski definition) is 5. The third-order valence-electron chi connectivity index (χ3n) is 1.53. The van der Waals surface area contributed by atoms with Crippen LogP contribution in [0.5, 0.6) is 0 Å². The zero-order valence-electron chi connectivity index (χ0n) is 8.20. The highest BCUT2D eigenvalue weighted by atomic mass is 31.2. The van der Waals surface area contributed by atoms with E-state index in [0.717, 1.165) is 0 Å². The Hall–Kier alpha value is -0.0000000000000000416. The Morgan fingerprint density at radius 2 is 1.67 bits per heavy atom. The second-order valence-corrected chi connectivity index (χ2v) is 7.26. The van der Waals surface area contributed by atoms with Gasteiger partial charge in [-0.1, -0.05) is 12.2 Å². The lowest BCUT2D eigenvalue weighted by Gasteiger charge is -2.19. The van der Waals surface area contributed by atoms with E-state index in [1.165, 1.54) is 0 Å². The van der Waals surface area contributed by atoms with Crippen molar-refractivity contribution in [3.63, 3.8) is 0 Å². The van der Waals surface area contributed by atoms with Crippen molar-refractivity contribution in [2.24, 2.45) is 0 Å². The van der Waals surface area contributed by atoms with Gasteiger partial charge in [0.15, 0.2) is 5.40 Å². The Kier molecular flexibility index (Phi) is 5.37. The summed E-state index contributed by atoms with van der Waals surface area (Å²) < 4.78 is 21.6. The van der Waals surface area contributed by atoms with Crippen LogP contribution in [0.1, 0.15) is 6.92 Å². The van der Waals surface area contributed by atoms with Crippen LogP contribution < -0.4 is 5.32 Å². The molecule has 0 heterocycles. The molecular weight excluding hydrogens is 244 g/mol. The van der Waals surface area contributed by atoms with Gasteiger partial charge >= 0.3 is 15.2 Å². The van der Waals surface area contributed by atoms with Crippen molar-refractivity contribution in [1.82, 2.24) is 5.32 Å². The van der Waals surface area contributed by atoms with E-state index in [9.17, 15) is 9.13 Å². The Morgan fingerprint density at radius 1 is 1.27 bits per heavy atom. The molecule has 7 nitrogen and oxygen atoms in total.